The molecule has 0 radical (unpaired) electrons. The van der Waals surface area contributed by atoms with E-state index < -0.39 is 0 Å². The number of aromatic nitrogens is 6. The smallest absolute Gasteiger partial charge is 0.164 e. The third-order valence-corrected chi connectivity index (χ3v) is 10.5. The molecule has 0 atom stereocenters. The normalized spacial score (nSPS) is 11.6. The predicted molar refractivity (Wildman–Crippen MR) is 224 cm³/mol. The van der Waals surface area contributed by atoms with Crippen LogP contribution in [0.4, 0.5) is 0 Å². The van der Waals surface area contributed by atoms with E-state index in [1.165, 1.54) is 0 Å². The van der Waals surface area contributed by atoms with Gasteiger partial charge in [0.15, 0.2) is 17.5 Å². The summed E-state index contributed by atoms with van der Waals surface area (Å²) in [5, 5.41) is 6.76. The highest BCUT2D eigenvalue weighted by atomic mass is 15.0. The van der Waals surface area contributed by atoms with Crippen molar-refractivity contribution in [2.24, 2.45) is 0 Å². The van der Waals surface area contributed by atoms with Crippen molar-refractivity contribution in [1.29, 1.82) is 0 Å². The Morgan fingerprint density at radius 1 is 0.364 bits per heavy atom. The maximum Gasteiger partial charge on any atom is 0.164 e. The zero-order valence-electron chi connectivity index (χ0n) is 29.5. The van der Waals surface area contributed by atoms with Crippen LogP contribution in [0, 0.1) is 0 Å². The first-order chi connectivity index (χ1) is 27.3. The number of fused-ring (bicyclic) bond motifs is 9. The number of imidazole rings is 1. The fourth-order valence-corrected chi connectivity index (χ4v) is 7.92. The quantitative estimate of drug-likeness (QED) is 0.167. The molecule has 0 spiro atoms. The number of nitrogens with zero attached hydrogens (tertiary/aromatic N) is 6. The second-order valence-electron chi connectivity index (χ2n) is 13.7. The van der Waals surface area contributed by atoms with Crippen molar-refractivity contribution in [3.63, 3.8) is 0 Å². The minimum atomic E-state index is 0.636. The second kappa shape index (κ2) is 12.5. The van der Waals surface area contributed by atoms with E-state index in [-0.39, 0.29) is 0 Å². The molecular weight excluding hydrogens is 673 g/mol. The van der Waals surface area contributed by atoms with Crippen LogP contribution >= 0.6 is 0 Å². The molecule has 0 fully saturated rings. The molecule has 0 saturated heterocycles. The number of rotatable bonds is 5. The summed E-state index contributed by atoms with van der Waals surface area (Å²) in [5.74, 6) is 1.92. The van der Waals surface area contributed by atoms with Gasteiger partial charge in [-0.1, -0.05) is 127 Å². The molecule has 4 aromatic heterocycles. The van der Waals surface area contributed by atoms with E-state index in [4.69, 9.17) is 19.9 Å². The van der Waals surface area contributed by atoms with Gasteiger partial charge in [-0.15, -0.1) is 0 Å². The summed E-state index contributed by atoms with van der Waals surface area (Å²) in [6, 6.07) is 58.8. The monoisotopic (exact) mass is 702 g/mol. The van der Waals surface area contributed by atoms with Crippen molar-refractivity contribution in [2.75, 3.05) is 0 Å². The van der Waals surface area contributed by atoms with Gasteiger partial charge in [0.2, 0.25) is 0 Å². The summed E-state index contributed by atoms with van der Waals surface area (Å²) in [4.78, 5) is 24.9. The van der Waals surface area contributed by atoms with Crippen LogP contribution in [0.3, 0.4) is 0 Å². The molecule has 0 saturated carbocycles. The first kappa shape index (κ1) is 31.0. The predicted octanol–water partition coefficient (Wildman–Crippen LogP) is 11.9. The Balaban J connectivity index is 1.14. The van der Waals surface area contributed by atoms with E-state index in [1.54, 1.807) is 0 Å². The highest BCUT2D eigenvalue weighted by molar-refractivity contribution is 6.25. The molecule has 256 valence electrons. The van der Waals surface area contributed by atoms with Gasteiger partial charge in [0.05, 0.1) is 16.7 Å². The van der Waals surface area contributed by atoms with Gasteiger partial charge in [0, 0.05) is 45.4 Å². The lowest BCUT2D eigenvalue weighted by Gasteiger charge is -2.14. The molecule has 4 heterocycles. The van der Waals surface area contributed by atoms with Gasteiger partial charge in [0.1, 0.15) is 5.65 Å². The van der Waals surface area contributed by atoms with E-state index in [0.29, 0.717) is 17.5 Å². The van der Waals surface area contributed by atoms with Crippen molar-refractivity contribution < 1.29 is 0 Å². The third-order valence-electron chi connectivity index (χ3n) is 10.5. The summed E-state index contributed by atoms with van der Waals surface area (Å²) >= 11 is 0. The molecule has 11 rings (SSSR count). The van der Waals surface area contributed by atoms with Crippen molar-refractivity contribution in [1.82, 2.24) is 29.3 Å². The highest BCUT2D eigenvalue weighted by Gasteiger charge is 2.19. The fraction of sp³-hybridized carbons (Fsp3) is 0. The lowest BCUT2D eigenvalue weighted by Crippen LogP contribution is -2.00. The summed E-state index contributed by atoms with van der Waals surface area (Å²) in [7, 11) is 0. The van der Waals surface area contributed by atoms with Gasteiger partial charge < -0.3 is 0 Å². The molecule has 7 aromatic carbocycles. The maximum absolute atomic E-state index is 5.14. The Labute approximate surface area is 316 Å². The number of hydrogen-bond donors (Lipinski definition) is 0. The summed E-state index contributed by atoms with van der Waals surface area (Å²) in [6.07, 6.45) is 3.95. The fourth-order valence-electron chi connectivity index (χ4n) is 7.92. The van der Waals surface area contributed by atoms with Gasteiger partial charge in [0.25, 0.3) is 0 Å². The molecule has 11 aromatic rings. The Bertz CT molecular complexity index is 3190. The average molecular weight is 703 g/mol. The van der Waals surface area contributed by atoms with E-state index in [9.17, 15) is 0 Å². The van der Waals surface area contributed by atoms with Crippen molar-refractivity contribution in [3.8, 4) is 56.5 Å². The average Bonchev–Trinajstić information content (AvgIpc) is 3.67. The largest absolute Gasteiger partial charge is 0.299 e. The molecular formula is C49H30N6. The molecule has 6 heteroatoms. The molecule has 0 aliphatic carbocycles. The first-order valence-electron chi connectivity index (χ1n) is 18.3. The Morgan fingerprint density at radius 3 is 1.71 bits per heavy atom. The van der Waals surface area contributed by atoms with Crippen LogP contribution in [0.25, 0.3) is 106 Å². The van der Waals surface area contributed by atoms with Gasteiger partial charge in [-0.25, -0.2) is 19.9 Å². The molecule has 0 aliphatic heterocycles. The third kappa shape index (κ3) is 5.15. The maximum atomic E-state index is 5.14. The standard InChI is InChI=1S/C49H30N6/c1-3-13-31(14-4-1)47-52-48(32-15-5-2-6-16-32)54-49(53-47)40-26-25-35(36-17-7-8-18-37(36)40)33-21-24-39-42(29-33)41-30-34(43-19-9-11-27-50-43)22-23-38(41)45-46(39)55-28-12-10-20-44(55)51-45/h1-30H. The minimum Gasteiger partial charge on any atom is -0.299 e. The van der Waals surface area contributed by atoms with Crippen LogP contribution in [0.2, 0.25) is 0 Å². The van der Waals surface area contributed by atoms with Crippen LogP contribution in [0.1, 0.15) is 0 Å². The lowest BCUT2D eigenvalue weighted by molar-refractivity contribution is 1.08. The molecule has 0 bridgehead atoms. The Morgan fingerprint density at radius 2 is 0.964 bits per heavy atom. The van der Waals surface area contributed by atoms with Crippen LogP contribution in [0.5, 0.6) is 0 Å². The van der Waals surface area contributed by atoms with Crippen LogP contribution in [0.15, 0.2) is 182 Å². The van der Waals surface area contributed by atoms with Crippen LogP contribution in [-0.2, 0) is 0 Å². The zero-order chi connectivity index (χ0) is 36.3. The molecule has 6 nitrogen and oxygen atoms in total. The minimum absolute atomic E-state index is 0.636. The Kier molecular flexibility index (Phi) is 7.07. The number of pyridine rings is 2. The Hall–Kier alpha value is -7.57. The van der Waals surface area contributed by atoms with Crippen molar-refractivity contribution in [3.05, 3.63) is 182 Å². The second-order valence-corrected chi connectivity index (χ2v) is 13.7. The zero-order valence-corrected chi connectivity index (χ0v) is 29.5. The summed E-state index contributed by atoms with van der Waals surface area (Å²) in [5.41, 5.74) is 10.1. The molecule has 55 heavy (non-hydrogen) atoms. The molecule has 0 unspecified atom stereocenters. The van der Waals surface area contributed by atoms with E-state index in [0.717, 1.165) is 88.1 Å². The lowest BCUT2D eigenvalue weighted by atomic mass is 9.91. The topological polar surface area (TPSA) is 68.9 Å². The van der Waals surface area contributed by atoms with E-state index >= 15 is 0 Å². The number of benzene rings is 7. The summed E-state index contributed by atoms with van der Waals surface area (Å²) in [6.45, 7) is 0. The van der Waals surface area contributed by atoms with Crippen molar-refractivity contribution >= 4 is 49.0 Å². The number of hydrogen-bond acceptors (Lipinski definition) is 5. The SMILES string of the molecule is c1ccc(-c2nc(-c3ccccc3)nc(-c3ccc(-c4ccc5c(c4)c4cc(-c6ccccn6)ccc4c4nc6ccccn6c54)c4ccccc34)n2)cc1. The van der Waals surface area contributed by atoms with Gasteiger partial charge >= 0.3 is 0 Å². The highest BCUT2D eigenvalue weighted by Crippen LogP contribution is 2.41. The van der Waals surface area contributed by atoms with Crippen molar-refractivity contribution in [2.45, 2.75) is 0 Å². The summed E-state index contributed by atoms with van der Waals surface area (Å²) < 4.78 is 2.20. The van der Waals surface area contributed by atoms with E-state index in [2.05, 4.69) is 107 Å². The van der Waals surface area contributed by atoms with Gasteiger partial charge in [-0.05, 0) is 75.1 Å². The van der Waals surface area contributed by atoms with E-state index in [1.807, 2.05) is 85.1 Å². The molecule has 0 amide bonds. The van der Waals surface area contributed by atoms with Gasteiger partial charge in [-0.3, -0.25) is 9.38 Å². The van der Waals surface area contributed by atoms with Crippen LogP contribution in [-0.4, -0.2) is 29.3 Å². The van der Waals surface area contributed by atoms with Crippen LogP contribution < -0.4 is 0 Å². The first-order valence-corrected chi connectivity index (χ1v) is 18.3. The molecule has 0 N–H and O–H groups in total. The van der Waals surface area contributed by atoms with Gasteiger partial charge in [-0.2, -0.15) is 0 Å². The molecule has 0 aliphatic rings.